The first kappa shape index (κ1) is 9.91. The van der Waals surface area contributed by atoms with E-state index in [0.717, 1.165) is 0 Å². The van der Waals surface area contributed by atoms with Gasteiger partial charge in [-0.05, 0) is 12.8 Å². The maximum atomic E-state index is 9.72. The number of ether oxygens (including phenoxy) is 2. The van der Waals surface area contributed by atoms with E-state index in [1.165, 1.54) is 0 Å². The molecular weight excluding hydrogens is 182 g/mol. The van der Waals surface area contributed by atoms with Gasteiger partial charge in [-0.2, -0.15) is 5.26 Å². The van der Waals surface area contributed by atoms with Gasteiger partial charge in [0.1, 0.15) is 0 Å². The fourth-order valence-corrected chi connectivity index (χ4v) is 2.37. The van der Waals surface area contributed by atoms with Gasteiger partial charge < -0.3 is 14.6 Å². The highest BCUT2D eigenvalue weighted by Crippen LogP contribution is 2.41. The number of aliphatic hydroxyl groups is 1. The quantitative estimate of drug-likeness (QED) is 0.657. The van der Waals surface area contributed by atoms with E-state index in [0.29, 0.717) is 39.3 Å². The Hall–Kier alpha value is -0.630. The van der Waals surface area contributed by atoms with Crippen LogP contribution in [0, 0.1) is 22.7 Å². The molecule has 2 unspecified atom stereocenters. The van der Waals surface area contributed by atoms with Gasteiger partial charge in [0, 0.05) is 19.1 Å². The van der Waals surface area contributed by atoms with Crippen LogP contribution in [-0.2, 0) is 9.47 Å². The molecule has 2 heterocycles. The Morgan fingerprint density at radius 2 is 1.93 bits per heavy atom. The van der Waals surface area contributed by atoms with Crippen LogP contribution in [0.3, 0.4) is 0 Å². The fourth-order valence-electron chi connectivity index (χ4n) is 2.37. The SMILES string of the molecule is N#CC1(C2COCC2O)CCOCC1. The molecular formula is C10H15NO3. The summed E-state index contributed by atoms with van der Waals surface area (Å²) in [5, 5.41) is 19.0. The Morgan fingerprint density at radius 3 is 2.43 bits per heavy atom. The lowest BCUT2D eigenvalue weighted by molar-refractivity contribution is -0.0130. The smallest absolute Gasteiger partial charge is 0.0839 e. The summed E-state index contributed by atoms with van der Waals surface area (Å²) in [6, 6.07) is 2.37. The number of hydrogen-bond donors (Lipinski definition) is 1. The van der Waals surface area contributed by atoms with Crippen LogP contribution in [0.25, 0.3) is 0 Å². The Labute approximate surface area is 83.4 Å². The third kappa shape index (κ3) is 1.52. The molecule has 0 radical (unpaired) electrons. The molecule has 2 aliphatic rings. The molecule has 4 heteroatoms. The van der Waals surface area contributed by atoms with Crippen molar-refractivity contribution in [1.82, 2.24) is 0 Å². The molecule has 0 aromatic carbocycles. The highest BCUT2D eigenvalue weighted by atomic mass is 16.5. The molecule has 0 aliphatic carbocycles. The Balaban J connectivity index is 2.14. The average molecular weight is 197 g/mol. The lowest BCUT2D eigenvalue weighted by Crippen LogP contribution is -2.41. The van der Waals surface area contributed by atoms with Crippen molar-refractivity contribution in [2.24, 2.45) is 11.3 Å². The normalized spacial score (nSPS) is 36.6. The molecule has 2 fully saturated rings. The summed E-state index contributed by atoms with van der Waals surface area (Å²) in [5.41, 5.74) is -0.422. The second-order valence-electron chi connectivity index (χ2n) is 4.09. The molecule has 78 valence electrons. The van der Waals surface area contributed by atoms with Crippen LogP contribution in [0.2, 0.25) is 0 Å². The highest BCUT2D eigenvalue weighted by Gasteiger charge is 2.46. The summed E-state index contributed by atoms with van der Waals surface area (Å²) in [6.45, 7) is 2.12. The van der Waals surface area contributed by atoms with E-state index in [1.807, 2.05) is 0 Å². The van der Waals surface area contributed by atoms with Crippen LogP contribution in [-0.4, -0.2) is 37.6 Å². The minimum Gasteiger partial charge on any atom is -0.390 e. The van der Waals surface area contributed by atoms with E-state index in [2.05, 4.69) is 6.07 Å². The maximum Gasteiger partial charge on any atom is 0.0839 e. The lowest BCUT2D eigenvalue weighted by atomic mass is 9.70. The van der Waals surface area contributed by atoms with Crippen molar-refractivity contribution in [3.63, 3.8) is 0 Å². The van der Waals surface area contributed by atoms with E-state index in [9.17, 15) is 10.4 Å². The number of nitriles is 1. The second kappa shape index (κ2) is 3.85. The summed E-state index contributed by atoms with van der Waals surface area (Å²) in [6.07, 6.45) is 0.955. The molecule has 0 spiro atoms. The Bertz CT molecular complexity index is 242. The monoisotopic (exact) mass is 197 g/mol. The zero-order chi connectivity index (χ0) is 10.0. The standard InChI is InChI=1S/C10H15NO3/c11-7-10(1-3-13-4-2-10)8-5-14-6-9(8)12/h8-9,12H,1-6H2. The summed E-state index contributed by atoms with van der Waals surface area (Å²) >= 11 is 0. The molecule has 14 heavy (non-hydrogen) atoms. The van der Waals surface area contributed by atoms with Crippen molar-refractivity contribution >= 4 is 0 Å². The van der Waals surface area contributed by atoms with Crippen LogP contribution in [0.15, 0.2) is 0 Å². The minimum atomic E-state index is -0.479. The van der Waals surface area contributed by atoms with Gasteiger partial charge in [0.2, 0.25) is 0 Å². The van der Waals surface area contributed by atoms with E-state index >= 15 is 0 Å². The molecule has 0 aromatic rings. The molecule has 2 rings (SSSR count). The van der Waals surface area contributed by atoms with E-state index < -0.39 is 11.5 Å². The van der Waals surface area contributed by atoms with Crippen LogP contribution < -0.4 is 0 Å². The van der Waals surface area contributed by atoms with E-state index in [4.69, 9.17) is 9.47 Å². The fraction of sp³-hybridized carbons (Fsp3) is 0.900. The molecule has 4 nitrogen and oxygen atoms in total. The molecule has 1 N–H and O–H groups in total. The molecule has 0 amide bonds. The molecule has 2 atom stereocenters. The van der Waals surface area contributed by atoms with Crippen LogP contribution in [0.1, 0.15) is 12.8 Å². The number of aliphatic hydroxyl groups excluding tert-OH is 1. The predicted octanol–water partition coefficient (Wildman–Crippen LogP) is 0.314. The molecule has 2 saturated heterocycles. The van der Waals surface area contributed by atoms with Crippen molar-refractivity contribution in [2.75, 3.05) is 26.4 Å². The summed E-state index contributed by atoms with van der Waals surface area (Å²) in [4.78, 5) is 0. The zero-order valence-corrected chi connectivity index (χ0v) is 8.11. The van der Waals surface area contributed by atoms with E-state index in [-0.39, 0.29) is 5.92 Å². The van der Waals surface area contributed by atoms with Gasteiger partial charge in [0.15, 0.2) is 0 Å². The lowest BCUT2D eigenvalue weighted by Gasteiger charge is -2.36. The summed E-state index contributed by atoms with van der Waals surface area (Å²) < 4.78 is 10.5. The summed E-state index contributed by atoms with van der Waals surface area (Å²) in [5.74, 6) is -0.0311. The van der Waals surface area contributed by atoms with Crippen molar-refractivity contribution in [3.05, 3.63) is 0 Å². The van der Waals surface area contributed by atoms with E-state index in [1.54, 1.807) is 0 Å². The van der Waals surface area contributed by atoms with Crippen molar-refractivity contribution < 1.29 is 14.6 Å². The van der Waals surface area contributed by atoms with Crippen molar-refractivity contribution in [2.45, 2.75) is 18.9 Å². The summed E-state index contributed by atoms with van der Waals surface area (Å²) in [7, 11) is 0. The van der Waals surface area contributed by atoms with Crippen LogP contribution in [0.5, 0.6) is 0 Å². The van der Waals surface area contributed by atoms with Crippen LogP contribution in [0.4, 0.5) is 0 Å². The molecule has 0 aromatic heterocycles. The van der Waals surface area contributed by atoms with Gasteiger partial charge in [-0.3, -0.25) is 0 Å². The molecule has 0 saturated carbocycles. The van der Waals surface area contributed by atoms with Gasteiger partial charge in [0.05, 0.1) is 30.8 Å². The van der Waals surface area contributed by atoms with Crippen molar-refractivity contribution in [1.29, 1.82) is 5.26 Å². The predicted molar refractivity (Wildman–Crippen MR) is 48.4 cm³/mol. The van der Waals surface area contributed by atoms with Gasteiger partial charge in [0.25, 0.3) is 0 Å². The highest BCUT2D eigenvalue weighted by molar-refractivity contribution is 5.07. The van der Waals surface area contributed by atoms with Crippen LogP contribution >= 0.6 is 0 Å². The largest absolute Gasteiger partial charge is 0.390 e. The molecule has 0 bridgehead atoms. The number of nitrogens with zero attached hydrogens (tertiary/aromatic N) is 1. The number of hydrogen-bond acceptors (Lipinski definition) is 4. The number of rotatable bonds is 1. The second-order valence-corrected chi connectivity index (χ2v) is 4.09. The van der Waals surface area contributed by atoms with Gasteiger partial charge >= 0.3 is 0 Å². The minimum absolute atomic E-state index is 0.0311. The molecule has 2 aliphatic heterocycles. The first-order chi connectivity index (χ1) is 6.78. The Morgan fingerprint density at radius 1 is 1.21 bits per heavy atom. The third-order valence-electron chi connectivity index (χ3n) is 3.37. The van der Waals surface area contributed by atoms with Gasteiger partial charge in [-0.25, -0.2) is 0 Å². The van der Waals surface area contributed by atoms with Crippen molar-refractivity contribution in [3.8, 4) is 6.07 Å². The van der Waals surface area contributed by atoms with Gasteiger partial charge in [-0.1, -0.05) is 0 Å². The average Bonchev–Trinajstić information content (AvgIpc) is 2.66. The first-order valence-corrected chi connectivity index (χ1v) is 5.03. The van der Waals surface area contributed by atoms with Gasteiger partial charge in [-0.15, -0.1) is 0 Å². The maximum absolute atomic E-state index is 9.72. The zero-order valence-electron chi connectivity index (χ0n) is 8.11. The topological polar surface area (TPSA) is 62.5 Å². The first-order valence-electron chi connectivity index (χ1n) is 5.03. The third-order valence-corrected chi connectivity index (χ3v) is 3.37. The Kier molecular flexibility index (Phi) is 2.73.